The first kappa shape index (κ1) is 13.9. The van der Waals surface area contributed by atoms with Crippen molar-refractivity contribution in [3.63, 3.8) is 0 Å². The standard InChI is InChI=1S/C17H19NO3/c19-12-14-3-1-13(2-4-14)10-18-11-15-5-6-16-17(9-15)21-8-7-20-16/h1-6,9,18-19H,7-8,10-12H2. The summed E-state index contributed by atoms with van der Waals surface area (Å²) in [6.07, 6.45) is 0. The van der Waals surface area contributed by atoms with Crippen molar-refractivity contribution in [3.05, 3.63) is 59.2 Å². The van der Waals surface area contributed by atoms with Crippen LogP contribution in [0.25, 0.3) is 0 Å². The molecule has 0 bridgehead atoms. The van der Waals surface area contributed by atoms with Crippen LogP contribution in [-0.4, -0.2) is 18.3 Å². The minimum atomic E-state index is 0.0882. The third-order valence-corrected chi connectivity index (χ3v) is 3.47. The number of fused-ring (bicyclic) bond motifs is 1. The van der Waals surface area contributed by atoms with Crippen LogP contribution >= 0.6 is 0 Å². The van der Waals surface area contributed by atoms with Crippen molar-refractivity contribution >= 4 is 0 Å². The van der Waals surface area contributed by atoms with Crippen LogP contribution in [0.15, 0.2) is 42.5 Å². The van der Waals surface area contributed by atoms with Gasteiger partial charge in [0.05, 0.1) is 6.61 Å². The van der Waals surface area contributed by atoms with Crippen LogP contribution in [0.4, 0.5) is 0 Å². The number of hydrogen-bond donors (Lipinski definition) is 2. The van der Waals surface area contributed by atoms with Gasteiger partial charge in [-0.05, 0) is 28.8 Å². The maximum Gasteiger partial charge on any atom is 0.161 e. The second kappa shape index (κ2) is 6.61. The number of aliphatic hydroxyl groups excluding tert-OH is 1. The van der Waals surface area contributed by atoms with E-state index in [1.807, 2.05) is 36.4 Å². The van der Waals surface area contributed by atoms with Crippen LogP contribution in [0, 0.1) is 0 Å². The molecule has 2 N–H and O–H groups in total. The molecule has 0 spiro atoms. The molecule has 0 atom stereocenters. The van der Waals surface area contributed by atoms with E-state index in [9.17, 15) is 0 Å². The maximum absolute atomic E-state index is 9.01. The van der Waals surface area contributed by atoms with Gasteiger partial charge in [0, 0.05) is 13.1 Å². The largest absolute Gasteiger partial charge is 0.486 e. The number of ether oxygens (including phenoxy) is 2. The Bertz CT molecular complexity index is 595. The summed E-state index contributed by atoms with van der Waals surface area (Å²) in [6.45, 7) is 2.89. The van der Waals surface area contributed by atoms with Gasteiger partial charge in [-0.1, -0.05) is 30.3 Å². The van der Waals surface area contributed by atoms with Gasteiger partial charge in [0.2, 0.25) is 0 Å². The highest BCUT2D eigenvalue weighted by Gasteiger charge is 2.11. The van der Waals surface area contributed by atoms with E-state index in [2.05, 4.69) is 11.4 Å². The first-order valence-electron chi connectivity index (χ1n) is 7.13. The maximum atomic E-state index is 9.01. The highest BCUT2D eigenvalue weighted by atomic mass is 16.6. The Kier molecular flexibility index (Phi) is 4.38. The van der Waals surface area contributed by atoms with Crippen molar-refractivity contribution in [2.24, 2.45) is 0 Å². The molecular weight excluding hydrogens is 266 g/mol. The van der Waals surface area contributed by atoms with Gasteiger partial charge in [-0.2, -0.15) is 0 Å². The van der Waals surface area contributed by atoms with Crippen molar-refractivity contribution in [2.75, 3.05) is 13.2 Å². The minimum absolute atomic E-state index is 0.0882. The topological polar surface area (TPSA) is 50.7 Å². The van der Waals surface area contributed by atoms with E-state index in [1.165, 1.54) is 11.1 Å². The molecule has 4 heteroatoms. The van der Waals surface area contributed by atoms with Gasteiger partial charge in [0.15, 0.2) is 11.5 Å². The molecule has 1 aliphatic rings. The number of hydrogen-bond acceptors (Lipinski definition) is 4. The summed E-state index contributed by atoms with van der Waals surface area (Å²) in [5.74, 6) is 1.65. The molecule has 3 rings (SSSR count). The molecule has 0 fully saturated rings. The fourth-order valence-electron chi connectivity index (χ4n) is 2.31. The summed E-state index contributed by atoms with van der Waals surface area (Å²) >= 11 is 0. The van der Waals surface area contributed by atoms with E-state index < -0.39 is 0 Å². The Hall–Kier alpha value is -2.04. The summed E-state index contributed by atoms with van der Waals surface area (Å²) in [6, 6.07) is 14.0. The number of benzene rings is 2. The molecule has 0 unspecified atom stereocenters. The lowest BCUT2D eigenvalue weighted by Gasteiger charge is -2.19. The van der Waals surface area contributed by atoms with Crippen LogP contribution in [0.2, 0.25) is 0 Å². The molecule has 21 heavy (non-hydrogen) atoms. The van der Waals surface area contributed by atoms with Crippen molar-refractivity contribution in [1.29, 1.82) is 0 Å². The molecule has 0 saturated heterocycles. The van der Waals surface area contributed by atoms with Crippen molar-refractivity contribution in [2.45, 2.75) is 19.7 Å². The molecular formula is C17H19NO3. The molecule has 0 saturated carbocycles. The molecule has 0 radical (unpaired) electrons. The number of nitrogens with one attached hydrogen (secondary N) is 1. The third kappa shape index (κ3) is 3.54. The van der Waals surface area contributed by atoms with Crippen LogP contribution in [0.1, 0.15) is 16.7 Å². The summed E-state index contributed by atoms with van der Waals surface area (Å²) in [7, 11) is 0. The normalized spacial score (nSPS) is 13.2. The number of aliphatic hydroxyl groups is 1. The predicted molar refractivity (Wildman–Crippen MR) is 80.3 cm³/mol. The lowest BCUT2D eigenvalue weighted by atomic mass is 10.1. The Morgan fingerprint density at radius 2 is 1.43 bits per heavy atom. The lowest BCUT2D eigenvalue weighted by Crippen LogP contribution is -2.16. The predicted octanol–water partition coefficient (Wildman–Crippen LogP) is 2.24. The Balaban J connectivity index is 1.55. The SMILES string of the molecule is OCc1ccc(CNCc2ccc3c(c2)OCCO3)cc1. The first-order chi connectivity index (χ1) is 10.3. The fourth-order valence-corrected chi connectivity index (χ4v) is 2.31. The van der Waals surface area contributed by atoms with Crippen LogP contribution < -0.4 is 14.8 Å². The first-order valence-corrected chi connectivity index (χ1v) is 7.13. The van der Waals surface area contributed by atoms with Crippen LogP contribution in [-0.2, 0) is 19.7 Å². The number of rotatable bonds is 5. The molecule has 110 valence electrons. The fraction of sp³-hybridized carbons (Fsp3) is 0.294. The summed E-state index contributed by atoms with van der Waals surface area (Å²) < 4.78 is 11.1. The smallest absolute Gasteiger partial charge is 0.161 e. The second-order valence-electron chi connectivity index (χ2n) is 5.06. The molecule has 4 nitrogen and oxygen atoms in total. The van der Waals surface area contributed by atoms with Gasteiger partial charge >= 0.3 is 0 Å². The van der Waals surface area contributed by atoms with Gasteiger partial charge in [-0.15, -0.1) is 0 Å². The molecule has 2 aromatic rings. The zero-order valence-electron chi connectivity index (χ0n) is 11.8. The summed E-state index contributed by atoms with van der Waals surface area (Å²) in [5.41, 5.74) is 3.31. The Labute approximate surface area is 124 Å². The van der Waals surface area contributed by atoms with E-state index in [-0.39, 0.29) is 6.61 Å². The molecule has 0 aromatic heterocycles. The zero-order chi connectivity index (χ0) is 14.5. The molecule has 0 amide bonds. The second-order valence-corrected chi connectivity index (χ2v) is 5.06. The van der Waals surface area contributed by atoms with E-state index in [0.717, 1.165) is 30.2 Å². The third-order valence-electron chi connectivity index (χ3n) is 3.47. The average Bonchev–Trinajstić information content (AvgIpc) is 2.55. The Morgan fingerprint density at radius 1 is 0.810 bits per heavy atom. The lowest BCUT2D eigenvalue weighted by molar-refractivity contribution is 0.171. The summed E-state index contributed by atoms with van der Waals surface area (Å²) in [4.78, 5) is 0. The van der Waals surface area contributed by atoms with E-state index in [1.54, 1.807) is 0 Å². The van der Waals surface area contributed by atoms with Crippen molar-refractivity contribution in [3.8, 4) is 11.5 Å². The molecule has 1 aliphatic heterocycles. The average molecular weight is 285 g/mol. The van der Waals surface area contributed by atoms with Crippen LogP contribution in [0.5, 0.6) is 11.5 Å². The molecule has 2 aromatic carbocycles. The van der Waals surface area contributed by atoms with Gasteiger partial charge in [0.25, 0.3) is 0 Å². The highest BCUT2D eigenvalue weighted by molar-refractivity contribution is 5.43. The quantitative estimate of drug-likeness (QED) is 0.884. The highest BCUT2D eigenvalue weighted by Crippen LogP contribution is 2.30. The van der Waals surface area contributed by atoms with Gasteiger partial charge in [-0.25, -0.2) is 0 Å². The van der Waals surface area contributed by atoms with Gasteiger partial charge < -0.3 is 19.9 Å². The monoisotopic (exact) mass is 285 g/mol. The molecule has 0 aliphatic carbocycles. The summed E-state index contributed by atoms with van der Waals surface area (Å²) in [5, 5.41) is 12.4. The van der Waals surface area contributed by atoms with Gasteiger partial charge in [-0.3, -0.25) is 0 Å². The van der Waals surface area contributed by atoms with E-state index in [0.29, 0.717) is 13.2 Å². The minimum Gasteiger partial charge on any atom is -0.486 e. The van der Waals surface area contributed by atoms with Crippen molar-refractivity contribution < 1.29 is 14.6 Å². The van der Waals surface area contributed by atoms with Gasteiger partial charge in [0.1, 0.15) is 13.2 Å². The zero-order valence-corrected chi connectivity index (χ0v) is 11.8. The van der Waals surface area contributed by atoms with E-state index in [4.69, 9.17) is 14.6 Å². The molecule has 1 heterocycles. The Morgan fingerprint density at radius 3 is 2.19 bits per heavy atom. The van der Waals surface area contributed by atoms with Crippen molar-refractivity contribution in [1.82, 2.24) is 5.32 Å². The van der Waals surface area contributed by atoms with E-state index >= 15 is 0 Å². The van der Waals surface area contributed by atoms with Crippen LogP contribution in [0.3, 0.4) is 0 Å².